The number of hydrogen-bond donors (Lipinski definition) is 2. The predicted molar refractivity (Wildman–Crippen MR) is 118 cm³/mol. The summed E-state index contributed by atoms with van der Waals surface area (Å²) < 4.78 is 0. The molecule has 6 heteroatoms. The van der Waals surface area contributed by atoms with Gasteiger partial charge in [0.2, 0.25) is 5.91 Å². The lowest BCUT2D eigenvalue weighted by atomic mass is 10.1. The standard InChI is InChI=1S/C23H23N3O2S/c1-14-7-8-15(2)20(11-14)25-21(27)13-29-22-12-18(23(28)24-16-9-10-16)17-5-3-4-6-19(17)26-22/h3-8,11-12,16H,9-10,13H2,1-2H3,(H,24,28)(H,25,27). The highest BCUT2D eigenvalue weighted by Crippen LogP contribution is 2.26. The molecule has 29 heavy (non-hydrogen) atoms. The lowest BCUT2D eigenvalue weighted by molar-refractivity contribution is -0.113. The summed E-state index contributed by atoms with van der Waals surface area (Å²) in [4.78, 5) is 29.8. The molecule has 0 atom stereocenters. The maximum Gasteiger partial charge on any atom is 0.252 e. The van der Waals surface area contributed by atoms with E-state index in [1.165, 1.54) is 11.8 Å². The van der Waals surface area contributed by atoms with Crippen molar-refractivity contribution in [3.8, 4) is 0 Å². The number of rotatable bonds is 6. The lowest BCUT2D eigenvalue weighted by Crippen LogP contribution is -2.25. The van der Waals surface area contributed by atoms with Gasteiger partial charge in [0.15, 0.2) is 0 Å². The fraction of sp³-hybridized carbons (Fsp3) is 0.261. The number of amides is 2. The van der Waals surface area contributed by atoms with Crippen LogP contribution in [-0.4, -0.2) is 28.6 Å². The van der Waals surface area contributed by atoms with Gasteiger partial charge in [0.1, 0.15) is 0 Å². The van der Waals surface area contributed by atoms with Gasteiger partial charge < -0.3 is 10.6 Å². The van der Waals surface area contributed by atoms with Gasteiger partial charge in [0.25, 0.3) is 5.91 Å². The molecule has 1 aromatic heterocycles. The number of pyridine rings is 1. The summed E-state index contributed by atoms with van der Waals surface area (Å²) in [6.45, 7) is 3.97. The summed E-state index contributed by atoms with van der Waals surface area (Å²) in [5, 5.41) is 7.50. The van der Waals surface area contributed by atoms with Gasteiger partial charge in [0.05, 0.1) is 21.9 Å². The molecular weight excluding hydrogens is 382 g/mol. The molecule has 4 rings (SSSR count). The molecule has 0 aliphatic heterocycles. The maximum absolute atomic E-state index is 12.7. The van der Waals surface area contributed by atoms with Crippen molar-refractivity contribution in [2.24, 2.45) is 0 Å². The molecule has 2 aromatic carbocycles. The molecule has 0 spiro atoms. The monoisotopic (exact) mass is 405 g/mol. The Morgan fingerprint density at radius 2 is 1.90 bits per heavy atom. The summed E-state index contributed by atoms with van der Waals surface area (Å²) in [5.41, 5.74) is 4.32. The van der Waals surface area contributed by atoms with E-state index in [1.807, 2.05) is 56.3 Å². The predicted octanol–water partition coefficient (Wildman–Crippen LogP) is 4.47. The SMILES string of the molecule is Cc1ccc(C)c(NC(=O)CSc2cc(C(=O)NC3CC3)c3ccccc3n2)c1. The molecule has 5 nitrogen and oxygen atoms in total. The van der Waals surface area contributed by atoms with Gasteiger partial charge in [-0.25, -0.2) is 4.98 Å². The van der Waals surface area contributed by atoms with Crippen LogP contribution in [0, 0.1) is 13.8 Å². The van der Waals surface area contributed by atoms with Crippen LogP contribution in [0.25, 0.3) is 10.9 Å². The number of hydrogen-bond acceptors (Lipinski definition) is 4. The minimum Gasteiger partial charge on any atom is -0.349 e. The Kier molecular flexibility index (Phi) is 5.53. The number of thioether (sulfide) groups is 1. The summed E-state index contributed by atoms with van der Waals surface area (Å²) >= 11 is 1.34. The molecular formula is C23H23N3O2S. The van der Waals surface area contributed by atoms with Crippen LogP contribution < -0.4 is 10.6 Å². The normalized spacial score (nSPS) is 13.3. The molecule has 0 radical (unpaired) electrons. The van der Waals surface area contributed by atoms with E-state index < -0.39 is 0 Å². The number of anilines is 1. The first-order valence-electron chi connectivity index (χ1n) is 9.70. The smallest absolute Gasteiger partial charge is 0.252 e. The number of para-hydroxylation sites is 1. The van der Waals surface area contributed by atoms with Crippen LogP contribution in [0.3, 0.4) is 0 Å². The number of benzene rings is 2. The number of fused-ring (bicyclic) bond motifs is 1. The Balaban J connectivity index is 1.50. The summed E-state index contributed by atoms with van der Waals surface area (Å²) in [6.07, 6.45) is 2.07. The topological polar surface area (TPSA) is 71.1 Å². The highest BCUT2D eigenvalue weighted by atomic mass is 32.2. The van der Waals surface area contributed by atoms with Crippen LogP contribution in [0.2, 0.25) is 0 Å². The van der Waals surface area contributed by atoms with Gasteiger partial charge in [0, 0.05) is 17.1 Å². The van der Waals surface area contributed by atoms with E-state index in [1.54, 1.807) is 6.07 Å². The molecule has 1 fully saturated rings. The Morgan fingerprint density at radius 3 is 2.69 bits per heavy atom. The first-order valence-corrected chi connectivity index (χ1v) is 10.7. The van der Waals surface area contributed by atoms with E-state index >= 15 is 0 Å². The second-order valence-electron chi connectivity index (χ2n) is 7.43. The first-order chi connectivity index (χ1) is 14.0. The fourth-order valence-electron chi connectivity index (χ4n) is 3.10. The molecule has 1 heterocycles. The van der Waals surface area contributed by atoms with Crippen molar-refractivity contribution in [1.29, 1.82) is 0 Å². The van der Waals surface area contributed by atoms with E-state index in [9.17, 15) is 9.59 Å². The maximum atomic E-state index is 12.7. The second kappa shape index (κ2) is 8.25. The summed E-state index contributed by atoms with van der Waals surface area (Å²) in [6, 6.07) is 15.7. The third kappa shape index (κ3) is 4.77. The van der Waals surface area contributed by atoms with Crippen LogP contribution in [0.15, 0.2) is 53.6 Å². The van der Waals surface area contributed by atoms with Crippen molar-refractivity contribution in [1.82, 2.24) is 10.3 Å². The third-order valence-electron chi connectivity index (χ3n) is 4.87. The molecule has 1 saturated carbocycles. The minimum absolute atomic E-state index is 0.0761. The Bertz CT molecular complexity index is 1090. The van der Waals surface area contributed by atoms with E-state index in [2.05, 4.69) is 15.6 Å². The molecule has 0 bridgehead atoms. The van der Waals surface area contributed by atoms with Crippen molar-refractivity contribution in [3.63, 3.8) is 0 Å². The highest BCUT2D eigenvalue weighted by molar-refractivity contribution is 7.99. The summed E-state index contributed by atoms with van der Waals surface area (Å²) in [7, 11) is 0. The zero-order valence-electron chi connectivity index (χ0n) is 16.5. The molecule has 3 aromatic rings. The van der Waals surface area contributed by atoms with Crippen LogP contribution >= 0.6 is 11.8 Å². The Morgan fingerprint density at radius 1 is 1.10 bits per heavy atom. The lowest BCUT2D eigenvalue weighted by Gasteiger charge is -2.11. The van der Waals surface area contributed by atoms with Crippen molar-refractivity contribution < 1.29 is 9.59 Å². The zero-order valence-corrected chi connectivity index (χ0v) is 17.3. The van der Waals surface area contributed by atoms with E-state index in [0.29, 0.717) is 10.6 Å². The molecule has 2 amide bonds. The van der Waals surface area contributed by atoms with Crippen LogP contribution in [0.4, 0.5) is 5.69 Å². The fourth-order valence-corrected chi connectivity index (χ4v) is 3.82. The number of carbonyl (C=O) groups excluding carboxylic acids is 2. The zero-order chi connectivity index (χ0) is 20.4. The number of nitrogens with one attached hydrogen (secondary N) is 2. The largest absolute Gasteiger partial charge is 0.349 e. The van der Waals surface area contributed by atoms with Crippen LogP contribution in [0.1, 0.15) is 34.3 Å². The second-order valence-corrected chi connectivity index (χ2v) is 8.42. The van der Waals surface area contributed by atoms with Gasteiger partial charge in [-0.15, -0.1) is 0 Å². The van der Waals surface area contributed by atoms with Gasteiger partial charge in [-0.2, -0.15) is 0 Å². The molecule has 2 N–H and O–H groups in total. The minimum atomic E-state index is -0.0948. The molecule has 148 valence electrons. The van der Waals surface area contributed by atoms with Crippen LogP contribution in [0.5, 0.6) is 0 Å². The molecule has 0 saturated heterocycles. The van der Waals surface area contributed by atoms with Gasteiger partial charge in [-0.3, -0.25) is 9.59 Å². The molecule has 1 aliphatic rings. The van der Waals surface area contributed by atoms with E-state index in [0.717, 1.165) is 40.6 Å². The quantitative estimate of drug-likeness (QED) is 0.594. The average Bonchev–Trinajstić information content (AvgIpc) is 3.52. The number of aromatic nitrogens is 1. The van der Waals surface area contributed by atoms with Crippen molar-refractivity contribution in [3.05, 3.63) is 65.2 Å². The molecule has 0 unspecified atom stereocenters. The third-order valence-corrected chi connectivity index (χ3v) is 5.78. The van der Waals surface area contributed by atoms with E-state index in [4.69, 9.17) is 0 Å². The molecule has 1 aliphatic carbocycles. The Labute approximate surface area is 174 Å². The first kappa shape index (κ1) is 19.5. The van der Waals surface area contributed by atoms with Gasteiger partial charge >= 0.3 is 0 Å². The number of carbonyl (C=O) groups is 2. The van der Waals surface area contributed by atoms with Crippen LogP contribution in [-0.2, 0) is 4.79 Å². The Hall–Kier alpha value is -2.86. The van der Waals surface area contributed by atoms with E-state index in [-0.39, 0.29) is 23.6 Å². The van der Waals surface area contributed by atoms with Gasteiger partial charge in [-0.05, 0) is 56.0 Å². The van der Waals surface area contributed by atoms with Crippen molar-refractivity contribution in [2.45, 2.75) is 37.8 Å². The summed E-state index contributed by atoms with van der Waals surface area (Å²) in [5.74, 6) is 0.0537. The van der Waals surface area contributed by atoms with Crippen molar-refractivity contribution >= 4 is 40.2 Å². The number of aryl methyl sites for hydroxylation is 2. The average molecular weight is 406 g/mol. The number of nitrogens with zero attached hydrogens (tertiary/aromatic N) is 1. The van der Waals surface area contributed by atoms with Crippen molar-refractivity contribution in [2.75, 3.05) is 11.1 Å². The highest BCUT2D eigenvalue weighted by Gasteiger charge is 2.25. The van der Waals surface area contributed by atoms with Gasteiger partial charge in [-0.1, -0.05) is 42.1 Å².